The third-order valence-corrected chi connectivity index (χ3v) is 3.28. The highest BCUT2D eigenvalue weighted by atomic mass is 19.1. The summed E-state index contributed by atoms with van der Waals surface area (Å²) in [6, 6.07) is 6.85. The van der Waals surface area contributed by atoms with Crippen molar-refractivity contribution in [2.24, 2.45) is 0 Å². The lowest BCUT2D eigenvalue weighted by Gasteiger charge is -2.08. The van der Waals surface area contributed by atoms with Crippen molar-refractivity contribution in [1.82, 2.24) is 9.97 Å². The Bertz CT molecular complexity index is 601. The van der Waals surface area contributed by atoms with Gasteiger partial charge in [-0.05, 0) is 43.5 Å². The van der Waals surface area contributed by atoms with Gasteiger partial charge in [0.15, 0.2) is 0 Å². The Hall–Kier alpha value is -1.97. The van der Waals surface area contributed by atoms with Crippen molar-refractivity contribution >= 4 is 5.82 Å². The SMILES string of the molecule is CNc1cc(-c2cc(C)cc(F)c2)nc(C2CC2)n1. The van der Waals surface area contributed by atoms with Crippen molar-refractivity contribution in [1.29, 1.82) is 0 Å². The van der Waals surface area contributed by atoms with Gasteiger partial charge >= 0.3 is 0 Å². The van der Waals surface area contributed by atoms with Gasteiger partial charge < -0.3 is 5.32 Å². The first kappa shape index (κ1) is 12.1. The molecule has 1 N–H and O–H groups in total. The van der Waals surface area contributed by atoms with Gasteiger partial charge in [-0.1, -0.05) is 0 Å². The number of aromatic nitrogens is 2. The summed E-state index contributed by atoms with van der Waals surface area (Å²) in [6.07, 6.45) is 2.30. The van der Waals surface area contributed by atoms with E-state index in [9.17, 15) is 4.39 Å². The van der Waals surface area contributed by atoms with Crippen LogP contribution < -0.4 is 5.32 Å². The largest absolute Gasteiger partial charge is 0.373 e. The fourth-order valence-corrected chi connectivity index (χ4v) is 2.15. The van der Waals surface area contributed by atoms with Gasteiger partial charge in [-0.15, -0.1) is 0 Å². The molecule has 0 spiro atoms. The average molecular weight is 257 g/mol. The van der Waals surface area contributed by atoms with E-state index in [1.807, 2.05) is 26.1 Å². The molecule has 19 heavy (non-hydrogen) atoms. The normalized spacial score (nSPS) is 14.5. The number of nitrogens with one attached hydrogen (secondary N) is 1. The van der Waals surface area contributed by atoms with E-state index in [1.165, 1.54) is 12.1 Å². The lowest BCUT2D eigenvalue weighted by molar-refractivity contribution is 0.627. The van der Waals surface area contributed by atoms with E-state index in [-0.39, 0.29) is 5.82 Å². The second kappa shape index (κ2) is 4.61. The van der Waals surface area contributed by atoms with E-state index in [1.54, 1.807) is 0 Å². The highest BCUT2D eigenvalue weighted by Crippen LogP contribution is 2.39. The molecule has 98 valence electrons. The monoisotopic (exact) mass is 257 g/mol. The van der Waals surface area contributed by atoms with Crippen LogP contribution in [0.2, 0.25) is 0 Å². The third kappa shape index (κ3) is 2.57. The van der Waals surface area contributed by atoms with E-state index in [2.05, 4.69) is 15.3 Å². The molecule has 1 aliphatic rings. The first-order valence-corrected chi connectivity index (χ1v) is 6.50. The zero-order valence-electron chi connectivity index (χ0n) is 11.1. The van der Waals surface area contributed by atoms with Crippen LogP contribution in [0, 0.1) is 12.7 Å². The Morgan fingerprint density at radius 1 is 1.16 bits per heavy atom. The summed E-state index contributed by atoms with van der Waals surface area (Å²) in [5.41, 5.74) is 2.48. The number of hydrogen-bond acceptors (Lipinski definition) is 3. The fraction of sp³-hybridized carbons (Fsp3) is 0.333. The van der Waals surface area contributed by atoms with Gasteiger partial charge in [-0.2, -0.15) is 0 Å². The van der Waals surface area contributed by atoms with E-state index < -0.39 is 0 Å². The Balaban J connectivity index is 2.09. The molecule has 2 aromatic rings. The van der Waals surface area contributed by atoms with Gasteiger partial charge in [-0.3, -0.25) is 0 Å². The minimum Gasteiger partial charge on any atom is -0.373 e. The molecule has 1 saturated carbocycles. The first-order valence-electron chi connectivity index (χ1n) is 6.50. The summed E-state index contributed by atoms with van der Waals surface area (Å²) in [7, 11) is 1.83. The molecular formula is C15H16FN3. The maximum atomic E-state index is 13.5. The summed E-state index contributed by atoms with van der Waals surface area (Å²) in [6.45, 7) is 1.88. The zero-order valence-corrected chi connectivity index (χ0v) is 11.1. The van der Waals surface area contributed by atoms with Crippen molar-refractivity contribution in [3.05, 3.63) is 41.5 Å². The van der Waals surface area contributed by atoms with Crippen LogP contribution in [0.3, 0.4) is 0 Å². The van der Waals surface area contributed by atoms with Gasteiger partial charge in [0.25, 0.3) is 0 Å². The molecule has 4 heteroatoms. The molecule has 0 bridgehead atoms. The third-order valence-electron chi connectivity index (χ3n) is 3.28. The maximum Gasteiger partial charge on any atom is 0.134 e. The Morgan fingerprint density at radius 2 is 1.95 bits per heavy atom. The predicted octanol–water partition coefficient (Wildman–Crippen LogP) is 3.51. The summed E-state index contributed by atoms with van der Waals surface area (Å²) in [4.78, 5) is 9.05. The van der Waals surface area contributed by atoms with Crippen LogP contribution in [-0.4, -0.2) is 17.0 Å². The van der Waals surface area contributed by atoms with Crippen LogP contribution in [0.5, 0.6) is 0 Å². The Labute approximate surface area is 111 Å². The number of halogens is 1. The van der Waals surface area contributed by atoms with Gasteiger partial charge in [0.05, 0.1) is 5.69 Å². The van der Waals surface area contributed by atoms with Gasteiger partial charge in [0.1, 0.15) is 17.5 Å². The lowest BCUT2D eigenvalue weighted by atomic mass is 10.1. The summed E-state index contributed by atoms with van der Waals surface area (Å²) < 4.78 is 13.5. The van der Waals surface area contributed by atoms with E-state index >= 15 is 0 Å². The molecule has 3 nitrogen and oxygen atoms in total. The number of anilines is 1. The van der Waals surface area contributed by atoms with E-state index in [0.29, 0.717) is 5.92 Å². The van der Waals surface area contributed by atoms with E-state index in [0.717, 1.165) is 41.3 Å². The molecule has 1 heterocycles. The minimum absolute atomic E-state index is 0.229. The van der Waals surface area contributed by atoms with Crippen LogP contribution in [0.1, 0.15) is 30.1 Å². The maximum absolute atomic E-state index is 13.5. The molecule has 0 unspecified atom stereocenters. The predicted molar refractivity (Wildman–Crippen MR) is 73.7 cm³/mol. The van der Waals surface area contributed by atoms with Crippen LogP contribution >= 0.6 is 0 Å². The molecule has 0 aliphatic heterocycles. The topological polar surface area (TPSA) is 37.8 Å². The van der Waals surface area contributed by atoms with Gasteiger partial charge in [0, 0.05) is 24.6 Å². The van der Waals surface area contributed by atoms with Crippen molar-refractivity contribution in [2.45, 2.75) is 25.7 Å². The van der Waals surface area contributed by atoms with Crippen molar-refractivity contribution < 1.29 is 4.39 Å². The molecule has 0 amide bonds. The summed E-state index contributed by atoms with van der Waals surface area (Å²) >= 11 is 0. The minimum atomic E-state index is -0.229. The number of aryl methyl sites for hydroxylation is 1. The molecule has 1 fully saturated rings. The summed E-state index contributed by atoms with van der Waals surface area (Å²) in [5, 5.41) is 3.04. The van der Waals surface area contributed by atoms with Crippen LogP contribution in [0.4, 0.5) is 10.2 Å². The molecule has 1 aliphatic carbocycles. The van der Waals surface area contributed by atoms with Crippen molar-refractivity contribution in [3.63, 3.8) is 0 Å². The smallest absolute Gasteiger partial charge is 0.134 e. The van der Waals surface area contributed by atoms with Crippen LogP contribution in [0.15, 0.2) is 24.3 Å². The number of benzene rings is 1. The van der Waals surface area contributed by atoms with E-state index in [4.69, 9.17) is 0 Å². The molecule has 0 saturated heterocycles. The van der Waals surface area contributed by atoms with Gasteiger partial charge in [0.2, 0.25) is 0 Å². The standard InChI is InChI=1S/C15H16FN3/c1-9-5-11(7-12(16)6-9)13-8-14(17-2)19-15(18-13)10-3-4-10/h5-8,10H,3-4H2,1-2H3,(H,17,18,19). The number of nitrogens with zero attached hydrogens (tertiary/aromatic N) is 2. The summed E-state index contributed by atoms with van der Waals surface area (Å²) in [5.74, 6) is 1.90. The molecule has 3 rings (SSSR count). The van der Waals surface area contributed by atoms with Crippen LogP contribution in [-0.2, 0) is 0 Å². The fourth-order valence-electron chi connectivity index (χ4n) is 2.15. The highest BCUT2D eigenvalue weighted by Gasteiger charge is 2.27. The van der Waals surface area contributed by atoms with Gasteiger partial charge in [-0.25, -0.2) is 14.4 Å². The number of rotatable bonds is 3. The molecule has 1 aromatic carbocycles. The second-order valence-corrected chi connectivity index (χ2v) is 5.04. The highest BCUT2D eigenvalue weighted by molar-refractivity contribution is 5.63. The number of hydrogen-bond donors (Lipinski definition) is 1. The Kier molecular flexibility index (Phi) is 2.93. The molecule has 0 radical (unpaired) electrons. The zero-order chi connectivity index (χ0) is 13.4. The van der Waals surface area contributed by atoms with Crippen molar-refractivity contribution in [3.8, 4) is 11.3 Å². The Morgan fingerprint density at radius 3 is 2.58 bits per heavy atom. The van der Waals surface area contributed by atoms with Crippen LogP contribution in [0.25, 0.3) is 11.3 Å². The quantitative estimate of drug-likeness (QED) is 0.914. The second-order valence-electron chi connectivity index (χ2n) is 5.04. The van der Waals surface area contributed by atoms with Crippen molar-refractivity contribution in [2.75, 3.05) is 12.4 Å². The average Bonchev–Trinajstić information content (AvgIpc) is 3.21. The molecule has 0 atom stereocenters. The first-order chi connectivity index (χ1) is 9.15. The molecular weight excluding hydrogens is 241 g/mol. The molecule has 1 aromatic heterocycles. The lowest BCUT2D eigenvalue weighted by Crippen LogP contribution is -2.01.